The molecule has 6 N–H and O–H groups in total. The first-order valence-corrected chi connectivity index (χ1v) is 15.8. The number of hydrogen-bond acceptors (Lipinski definition) is 8. The second kappa shape index (κ2) is 24.6. The number of aliphatic hydroxyl groups is 5. The van der Waals surface area contributed by atoms with Gasteiger partial charge in [-0.1, -0.05) is 81.2 Å². The summed E-state index contributed by atoms with van der Waals surface area (Å²) in [6.07, 6.45) is 20.5. The maximum absolute atomic E-state index is 12.7. The van der Waals surface area contributed by atoms with Crippen molar-refractivity contribution in [2.24, 2.45) is 0 Å². The summed E-state index contributed by atoms with van der Waals surface area (Å²) in [5.74, 6) is -0.212. The molecular formula is C33H57NO8. The van der Waals surface area contributed by atoms with E-state index in [0.29, 0.717) is 6.42 Å². The SMILES string of the molecule is C/C=C/CC/C=C/CC/C=C/C(O)C(COC1OC(CO)C(O)C(O)C1O)NC(=O)CCCCCCC/C=C\CCC. The largest absolute Gasteiger partial charge is 0.394 e. The van der Waals surface area contributed by atoms with Gasteiger partial charge in [-0.05, 0) is 58.3 Å². The van der Waals surface area contributed by atoms with Gasteiger partial charge in [0.1, 0.15) is 24.4 Å². The minimum absolute atomic E-state index is 0.212. The number of aliphatic hydroxyl groups excluding tert-OH is 5. The van der Waals surface area contributed by atoms with Crippen molar-refractivity contribution in [2.45, 2.75) is 140 Å². The van der Waals surface area contributed by atoms with E-state index in [1.807, 2.05) is 19.1 Å². The summed E-state index contributed by atoms with van der Waals surface area (Å²) in [6, 6.07) is -0.826. The molecule has 7 unspecified atom stereocenters. The molecule has 9 nitrogen and oxygen atoms in total. The molecule has 0 bridgehead atoms. The summed E-state index contributed by atoms with van der Waals surface area (Å²) in [5.41, 5.74) is 0. The van der Waals surface area contributed by atoms with Crippen molar-refractivity contribution in [3.8, 4) is 0 Å². The molecule has 0 spiro atoms. The fraction of sp³-hybridized carbons (Fsp3) is 0.727. The first-order chi connectivity index (χ1) is 20.3. The maximum atomic E-state index is 12.7. The lowest BCUT2D eigenvalue weighted by molar-refractivity contribution is -0.302. The smallest absolute Gasteiger partial charge is 0.220 e. The predicted molar refractivity (Wildman–Crippen MR) is 166 cm³/mol. The Kier molecular flexibility index (Phi) is 22.3. The highest BCUT2D eigenvalue weighted by atomic mass is 16.7. The summed E-state index contributed by atoms with van der Waals surface area (Å²) in [6.45, 7) is 3.38. The van der Waals surface area contributed by atoms with Gasteiger partial charge < -0.3 is 40.3 Å². The monoisotopic (exact) mass is 595 g/mol. The van der Waals surface area contributed by atoms with Crippen LogP contribution >= 0.6 is 0 Å². The molecule has 1 heterocycles. The van der Waals surface area contributed by atoms with E-state index >= 15 is 0 Å². The molecule has 9 heteroatoms. The molecule has 0 aromatic carbocycles. The number of rotatable bonds is 23. The van der Waals surface area contributed by atoms with Crippen molar-refractivity contribution in [2.75, 3.05) is 13.2 Å². The Bertz CT molecular complexity index is 797. The zero-order valence-electron chi connectivity index (χ0n) is 25.7. The van der Waals surface area contributed by atoms with Gasteiger partial charge in [-0.25, -0.2) is 0 Å². The first kappa shape index (κ1) is 38.2. The number of hydrogen-bond donors (Lipinski definition) is 6. The Balaban J connectivity index is 2.60. The minimum atomic E-state index is -1.57. The van der Waals surface area contributed by atoms with E-state index in [2.05, 4.69) is 42.6 Å². The van der Waals surface area contributed by atoms with Crippen LogP contribution in [0.1, 0.15) is 97.3 Å². The van der Waals surface area contributed by atoms with E-state index in [-0.39, 0.29) is 12.5 Å². The van der Waals surface area contributed by atoms with Crippen LogP contribution in [0.3, 0.4) is 0 Å². The predicted octanol–water partition coefficient (Wildman–Crippen LogP) is 3.98. The van der Waals surface area contributed by atoms with Gasteiger partial charge in [0.15, 0.2) is 6.29 Å². The Morgan fingerprint density at radius 3 is 2.14 bits per heavy atom. The first-order valence-electron chi connectivity index (χ1n) is 15.8. The van der Waals surface area contributed by atoms with Crippen molar-refractivity contribution in [1.82, 2.24) is 5.32 Å². The normalized spacial score (nSPS) is 24.8. The van der Waals surface area contributed by atoms with Crippen molar-refractivity contribution in [1.29, 1.82) is 0 Å². The molecule has 1 aliphatic rings. The fourth-order valence-corrected chi connectivity index (χ4v) is 4.55. The number of ether oxygens (including phenoxy) is 2. The molecular weight excluding hydrogens is 538 g/mol. The molecule has 1 saturated heterocycles. The summed E-state index contributed by atoms with van der Waals surface area (Å²) in [5, 5.41) is 53.4. The lowest BCUT2D eigenvalue weighted by atomic mass is 9.99. The molecule has 0 aromatic rings. The third-order valence-corrected chi connectivity index (χ3v) is 7.18. The van der Waals surface area contributed by atoms with Gasteiger partial charge in [0.25, 0.3) is 0 Å². The molecule has 0 saturated carbocycles. The summed E-state index contributed by atoms with van der Waals surface area (Å²) in [4.78, 5) is 12.7. The van der Waals surface area contributed by atoms with E-state index in [9.17, 15) is 30.3 Å². The number of unbranched alkanes of at least 4 members (excludes halogenated alkanes) is 8. The van der Waals surface area contributed by atoms with Gasteiger partial charge in [0, 0.05) is 6.42 Å². The number of amides is 1. The molecule has 0 aromatic heterocycles. The zero-order chi connectivity index (χ0) is 31.0. The van der Waals surface area contributed by atoms with Crippen LogP contribution in [0.2, 0.25) is 0 Å². The summed E-state index contributed by atoms with van der Waals surface area (Å²) in [7, 11) is 0. The molecule has 0 aliphatic carbocycles. The van der Waals surface area contributed by atoms with Crippen molar-refractivity contribution < 1.29 is 39.8 Å². The Labute approximate surface area is 253 Å². The highest BCUT2D eigenvalue weighted by molar-refractivity contribution is 5.76. The topological polar surface area (TPSA) is 149 Å². The van der Waals surface area contributed by atoms with Gasteiger partial charge in [-0.3, -0.25) is 4.79 Å². The van der Waals surface area contributed by atoms with Crippen LogP contribution < -0.4 is 5.32 Å². The van der Waals surface area contributed by atoms with Crippen molar-refractivity contribution in [3.63, 3.8) is 0 Å². The molecule has 7 atom stereocenters. The van der Waals surface area contributed by atoms with E-state index in [0.717, 1.165) is 70.6 Å². The molecule has 1 rings (SSSR count). The van der Waals surface area contributed by atoms with E-state index in [1.54, 1.807) is 6.08 Å². The molecule has 42 heavy (non-hydrogen) atoms. The minimum Gasteiger partial charge on any atom is -0.394 e. The molecule has 1 fully saturated rings. The van der Waals surface area contributed by atoms with E-state index in [1.165, 1.54) is 6.42 Å². The van der Waals surface area contributed by atoms with Gasteiger partial charge in [-0.15, -0.1) is 0 Å². The summed E-state index contributed by atoms with van der Waals surface area (Å²) < 4.78 is 11.0. The van der Waals surface area contributed by atoms with E-state index in [4.69, 9.17) is 9.47 Å². The zero-order valence-corrected chi connectivity index (χ0v) is 25.7. The average Bonchev–Trinajstić information content (AvgIpc) is 2.98. The molecule has 1 aliphatic heterocycles. The molecule has 242 valence electrons. The highest BCUT2D eigenvalue weighted by Gasteiger charge is 2.44. The number of carbonyl (C=O) groups excluding carboxylic acids is 1. The van der Waals surface area contributed by atoms with Crippen LogP contribution in [0.4, 0.5) is 0 Å². The summed E-state index contributed by atoms with van der Waals surface area (Å²) >= 11 is 0. The third-order valence-electron chi connectivity index (χ3n) is 7.18. The standard InChI is InChI=1S/C33H57NO8/c1-3-5-7-9-11-13-15-17-19-21-23-29(37)34-26(27(36)22-20-18-16-14-12-10-8-6-4-2)25-41-33-32(40)31(39)30(38)28(24-35)42-33/h4,6-7,9,12,14,20,22,26-28,30-33,35-36,38-40H,3,5,8,10-11,13,15-19,21,23-25H2,1-2H3,(H,34,37)/b6-4+,9-7-,14-12+,22-20+. The van der Waals surface area contributed by atoms with Crippen molar-refractivity contribution >= 4 is 5.91 Å². The van der Waals surface area contributed by atoms with Crippen LogP contribution in [0.5, 0.6) is 0 Å². The third kappa shape index (κ3) is 16.7. The fourth-order valence-electron chi connectivity index (χ4n) is 4.55. The van der Waals surface area contributed by atoms with Crippen LogP contribution in [-0.2, 0) is 14.3 Å². The van der Waals surface area contributed by atoms with Crippen LogP contribution in [0.15, 0.2) is 48.6 Å². The maximum Gasteiger partial charge on any atom is 0.220 e. The van der Waals surface area contributed by atoms with Crippen LogP contribution in [0, 0.1) is 0 Å². The lowest BCUT2D eigenvalue weighted by Gasteiger charge is -2.40. The van der Waals surface area contributed by atoms with Gasteiger partial charge >= 0.3 is 0 Å². The molecule has 0 radical (unpaired) electrons. The van der Waals surface area contributed by atoms with Crippen LogP contribution in [-0.4, -0.2) is 87.5 Å². The number of nitrogens with one attached hydrogen (secondary N) is 1. The Morgan fingerprint density at radius 1 is 0.833 bits per heavy atom. The van der Waals surface area contributed by atoms with Gasteiger partial charge in [-0.2, -0.15) is 0 Å². The van der Waals surface area contributed by atoms with E-state index < -0.39 is 49.5 Å². The Morgan fingerprint density at radius 2 is 1.45 bits per heavy atom. The quantitative estimate of drug-likeness (QED) is 0.0768. The number of carbonyl (C=O) groups is 1. The van der Waals surface area contributed by atoms with Crippen LogP contribution in [0.25, 0.3) is 0 Å². The number of allylic oxidation sites excluding steroid dienone is 7. The second-order valence-corrected chi connectivity index (χ2v) is 10.9. The molecule has 1 amide bonds. The van der Waals surface area contributed by atoms with Gasteiger partial charge in [0.05, 0.1) is 25.4 Å². The van der Waals surface area contributed by atoms with Crippen molar-refractivity contribution in [3.05, 3.63) is 48.6 Å². The second-order valence-electron chi connectivity index (χ2n) is 10.9. The Hall–Kier alpha value is -1.85. The lowest BCUT2D eigenvalue weighted by Crippen LogP contribution is -2.60. The highest BCUT2D eigenvalue weighted by Crippen LogP contribution is 2.22. The average molecular weight is 596 g/mol. The van der Waals surface area contributed by atoms with Gasteiger partial charge in [0.2, 0.25) is 5.91 Å².